The molecule has 0 saturated heterocycles. The largest absolute Gasteiger partial charge is 0.332 e. The minimum absolute atomic E-state index is 0.188. The maximum absolute atomic E-state index is 11.0. The molecule has 0 aliphatic heterocycles. The molecule has 0 bridgehead atoms. The van der Waals surface area contributed by atoms with Gasteiger partial charge >= 0.3 is 6.03 Å². The van der Waals surface area contributed by atoms with Gasteiger partial charge in [-0.25, -0.2) is 9.78 Å². The highest BCUT2D eigenvalue weighted by molar-refractivity contribution is 5.76. The van der Waals surface area contributed by atoms with Crippen LogP contribution >= 0.6 is 0 Å². The topological polar surface area (TPSA) is 46.9 Å². The van der Waals surface area contributed by atoms with Gasteiger partial charge in [0.15, 0.2) is 5.88 Å². The van der Waals surface area contributed by atoms with Crippen LogP contribution in [0.4, 0.5) is 4.79 Å². The molecule has 1 aromatic rings. The van der Waals surface area contributed by atoms with Gasteiger partial charge in [0.2, 0.25) is 0 Å². The summed E-state index contributed by atoms with van der Waals surface area (Å²) in [6.45, 7) is 0.520. The molecule has 0 spiro atoms. The number of carbonyl (C=O) groups is 1. The van der Waals surface area contributed by atoms with Gasteiger partial charge in [0.05, 0.1) is 6.54 Å². The number of hydrogen-bond donors (Lipinski definition) is 1. The predicted octanol–water partition coefficient (Wildman–Crippen LogP) is -0.278. The van der Waals surface area contributed by atoms with Crippen LogP contribution in [-0.2, 0) is 0 Å². The van der Waals surface area contributed by atoms with Gasteiger partial charge in [-0.3, -0.25) is 4.57 Å². The Bertz CT molecular complexity index is 222. The molecular formula is C6H9ClN3O+. The van der Waals surface area contributed by atoms with E-state index >= 15 is 0 Å². The van der Waals surface area contributed by atoms with Crippen molar-refractivity contribution in [2.24, 2.45) is 0 Å². The monoisotopic (exact) mass is 174 g/mol. The first-order valence-corrected chi connectivity index (χ1v) is 3.76. The second-order valence-corrected chi connectivity index (χ2v) is 2.31. The first-order chi connectivity index (χ1) is 5.34. The van der Waals surface area contributed by atoms with Crippen molar-refractivity contribution in [2.75, 3.05) is 12.4 Å². The minimum atomic E-state index is -0.188. The molecule has 0 aromatic carbocycles. The van der Waals surface area contributed by atoms with Crippen LogP contribution in [0.2, 0.25) is 0 Å². The van der Waals surface area contributed by atoms with E-state index in [-0.39, 0.29) is 6.03 Å². The van der Waals surface area contributed by atoms with E-state index in [0.717, 1.165) is 0 Å². The van der Waals surface area contributed by atoms with Crippen LogP contribution in [0.25, 0.3) is 0 Å². The molecule has 0 atom stereocenters. The Morgan fingerprint density at radius 2 is 2.55 bits per heavy atom. The van der Waals surface area contributed by atoms with Gasteiger partial charge in [0.25, 0.3) is 0 Å². The normalized spacial score (nSPS) is 9.55. The van der Waals surface area contributed by atoms with Crippen LogP contribution in [-0.4, -0.2) is 28.0 Å². The molecule has 0 aliphatic rings. The third-order valence-corrected chi connectivity index (χ3v) is 1.32. The zero-order chi connectivity index (χ0) is 8.10. The fraction of sp³-hybridized carbons (Fsp3) is 0.333. The van der Waals surface area contributed by atoms with Crippen molar-refractivity contribution in [3.63, 3.8) is 0 Å². The Morgan fingerprint density at radius 1 is 1.73 bits per heavy atom. The van der Waals surface area contributed by atoms with Gasteiger partial charge in [-0.2, -0.15) is 0 Å². The maximum atomic E-state index is 11.0. The van der Waals surface area contributed by atoms with E-state index < -0.39 is 0 Å². The van der Waals surface area contributed by atoms with E-state index in [0.29, 0.717) is 12.4 Å². The number of imidazole rings is 1. The first kappa shape index (κ1) is 8.07. The van der Waals surface area contributed by atoms with Crippen molar-refractivity contribution in [1.29, 1.82) is 0 Å². The summed E-state index contributed by atoms with van der Waals surface area (Å²) in [6.07, 6.45) is 4.57. The zero-order valence-corrected chi connectivity index (χ0v) is 6.67. The lowest BCUT2D eigenvalue weighted by molar-refractivity contribution is -0.364. The summed E-state index contributed by atoms with van der Waals surface area (Å²) in [5, 5.41) is 2.61. The van der Waals surface area contributed by atoms with Crippen molar-refractivity contribution in [3.05, 3.63) is 18.7 Å². The lowest BCUT2D eigenvalue weighted by Gasteiger charge is -1.99. The average Bonchev–Trinajstić information content (AvgIpc) is 2.52. The van der Waals surface area contributed by atoms with E-state index in [4.69, 9.17) is 0 Å². The van der Waals surface area contributed by atoms with Gasteiger partial charge in [-0.05, 0) is 0 Å². The van der Waals surface area contributed by atoms with E-state index in [9.17, 15) is 4.79 Å². The highest BCUT2D eigenvalue weighted by Crippen LogP contribution is 1.83. The zero-order valence-electron chi connectivity index (χ0n) is 5.86. The number of rotatable bonds is 2. The Balaban J connectivity index is 2.43. The van der Waals surface area contributed by atoms with Crippen molar-refractivity contribution in [1.82, 2.24) is 14.9 Å². The molecule has 1 rings (SSSR count). The number of hydrogen-bond acceptors (Lipinski definition) is 2. The van der Waals surface area contributed by atoms with Crippen LogP contribution in [0.1, 0.15) is 0 Å². The Morgan fingerprint density at radius 3 is 3.09 bits per heavy atom. The standard InChI is InChI=1S/C6H8ClN3O/c7-1-2-9-6(11)10-4-3-8-5-10/h3-5,7H,1-2H2/p+1. The summed E-state index contributed by atoms with van der Waals surface area (Å²) in [4.78, 5) is 14.8. The van der Waals surface area contributed by atoms with Crippen molar-refractivity contribution in [3.8, 4) is 0 Å². The molecule has 60 valence electrons. The van der Waals surface area contributed by atoms with Crippen molar-refractivity contribution < 1.29 is 16.4 Å². The smallest absolute Gasteiger partial charge is 0.326 e. The highest BCUT2D eigenvalue weighted by Gasteiger charge is 2.00. The number of amides is 1. The molecule has 1 N–H and O–H groups in total. The lowest BCUT2D eigenvalue weighted by atomic mass is 10.7. The molecule has 0 fully saturated rings. The van der Waals surface area contributed by atoms with Gasteiger partial charge < -0.3 is 5.32 Å². The number of halogens is 1. The third-order valence-electron chi connectivity index (χ3n) is 1.12. The molecule has 0 aliphatic carbocycles. The fourth-order valence-electron chi connectivity index (χ4n) is 0.629. The molecule has 5 heteroatoms. The summed E-state index contributed by atoms with van der Waals surface area (Å²) >= 11 is 4.66. The van der Waals surface area contributed by atoms with Crippen LogP contribution in [0.3, 0.4) is 0 Å². The molecule has 0 radical (unpaired) electrons. The van der Waals surface area contributed by atoms with E-state index in [1.54, 1.807) is 12.4 Å². The molecule has 11 heavy (non-hydrogen) atoms. The van der Waals surface area contributed by atoms with Gasteiger partial charge in [0.1, 0.15) is 17.9 Å². The van der Waals surface area contributed by atoms with Crippen molar-refractivity contribution >= 4 is 6.03 Å². The van der Waals surface area contributed by atoms with Gasteiger partial charge in [0, 0.05) is 12.4 Å². The molecule has 0 saturated carbocycles. The number of aromatic nitrogens is 2. The van der Waals surface area contributed by atoms with Crippen LogP contribution in [0, 0.1) is 11.6 Å². The summed E-state index contributed by atoms with van der Waals surface area (Å²) < 4.78 is 1.37. The first-order valence-electron chi connectivity index (χ1n) is 3.19. The maximum Gasteiger partial charge on any atom is 0.326 e. The number of alkyl halides is 1. The summed E-state index contributed by atoms with van der Waals surface area (Å²) in [5.74, 6) is 0.528. The molecule has 1 amide bonds. The SMILES string of the molecule is O=C(NCC[ClH+])n1ccnc1. The lowest BCUT2D eigenvalue weighted by Crippen LogP contribution is -2.29. The second-order valence-electron chi connectivity index (χ2n) is 1.91. The van der Waals surface area contributed by atoms with Gasteiger partial charge in [-0.15, -0.1) is 0 Å². The van der Waals surface area contributed by atoms with Gasteiger partial charge in [-0.1, -0.05) is 0 Å². The summed E-state index contributed by atoms with van der Waals surface area (Å²) in [6, 6.07) is -0.188. The molecule has 1 aromatic heterocycles. The average molecular weight is 175 g/mol. The number of nitrogens with one attached hydrogen (secondary N) is 1. The molecule has 1 heterocycles. The summed E-state index contributed by atoms with van der Waals surface area (Å²) in [7, 11) is 0. The van der Waals surface area contributed by atoms with Crippen LogP contribution < -0.4 is 5.32 Å². The van der Waals surface area contributed by atoms with Crippen molar-refractivity contribution in [2.45, 2.75) is 0 Å². The second kappa shape index (κ2) is 3.98. The number of nitrogens with zero attached hydrogens (tertiary/aromatic N) is 2. The van der Waals surface area contributed by atoms with E-state index in [1.165, 1.54) is 10.9 Å². The highest BCUT2D eigenvalue weighted by atomic mass is 35.5. The molecular weight excluding hydrogens is 166 g/mol. The molecule has 4 nitrogen and oxygen atoms in total. The van der Waals surface area contributed by atoms with Crippen LogP contribution in [0.15, 0.2) is 18.7 Å². The van der Waals surface area contributed by atoms with E-state index in [1.807, 2.05) is 0 Å². The fourth-order valence-corrected chi connectivity index (χ4v) is 0.731. The quantitative estimate of drug-likeness (QED) is 0.628. The third kappa shape index (κ3) is 2.23. The summed E-state index contributed by atoms with van der Waals surface area (Å²) in [5.41, 5.74) is 0. The number of carbonyl (C=O) groups excluding carboxylic acids is 1. The Labute approximate surface area is 69.2 Å². The predicted molar refractivity (Wildman–Crippen MR) is 37.3 cm³/mol. The minimum Gasteiger partial charge on any atom is -0.332 e. The van der Waals surface area contributed by atoms with Crippen LogP contribution in [0.5, 0.6) is 0 Å². The van der Waals surface area contributed by atoms with E-state index in [2.05, 4.69) is 21.9 Å². The Kier molecular flexibility index (Phi) is 2.92. The molecule has 0 unspecified atom stereocenters. The Hall–Kier alpha value is -1.03.